The monoisotopic (exact) mass is 310 g/mol. The van der Waals surface area contributed by atoms with Crippen molar-refractivity contribution in [3.8, 4) is 11.8 Å². The third-order valence-electron chi connectivity index (χ3n) is 2.59. The smallest absolute Gasteiger partial charge is 0.337 e. The van der Waals surface area contributed by atoms with Crippen LogP contribution in [0.2, 0.25) is 5.02 Å². The van der Waals surface area contributed by atoms with E-state index in [4.69, 9.17) is 21.1 Å². The average Bonchev–Trinajstić information content (AvgIpc) is 2.86. The molecule has 0 saturated carbocycles. The van der Waals surface area contributed by atoms with E-state index in [1.807, 2.05) is 6.92 Å². The number of carbonyl (C=O) groups excluding carboxylic acids is 1. The quantitative estimate of drug-likeness (QED) is 0.852. The van der Waals surface area contributed by atoms with Gasteiger partial charge in [0, 0.05) is 10.6 Å². The first-order valence-corrected chi connectivity index (χ1v) is 6.67. The second kappa shape index (κ2) is 6.94. The van der Waals surface area contributed by atoms with Crippen LogP contribution in [-0.2, 0) is 11.2 Å². The van der Waals surface area contributed by atoms with Crippen LogP contribution in [0.5, 0.6) is 11.8 Å². The molecule has 0 fully saturated rings. The number of aromatic amines is 1. The molecule has 0 aliphatic rings. The minimum Gasteiger partial charge on any atom is -0.496 e. The Labute approximate surface area is 126 Å². The molecule has 1 aromatic heterocycles. The maximum absolute atomic E-state index is 12.0. The van der Waals surface area contributed by atoms with Gasteiger partial charge in [-0.05, 0) is 25.1 Å². The zero-order valence-electron chi connectivity index (χ0n) is 11.6. The summed E-state index contributed by atoms with van der Waals surface area (Å²) in [6.07, 6.45) is 0.106. The summed E-state index contributed by atoms with van der Waals surface area (Å²) in [7, 11) is 1.54. The largest absolute Gasteiger partial charge is 0.496 e. The Morgan fingerprint density at radius 3 is 3.00 bits per heavy atom. The number of benzene rings is 1. The molecule has 7 nitrogen and oxygen atoms in total. The summed E-state index contributed by atoms with van der Waals surface area (Å²) in [5.41, 5.74) is 0.687. The highest BCUT2D eigenvalue weighted by Crippen LogP contribution is 2.23. The standard InChI is InChI=1S/C13H15ClN4O3/c1-3-21-13-16-12(17-18-13)15-11(19)7-8-6-9(14)4-5-10(8)20-2/h4-6H,3,7H2,1-2H3,(H2,15,16,17,18,19). The molecule has 1 aromatic carbocycles. The van der Waals surface area contributed by atoms with Crippen molar-refractivity contribution in [2.24, 2.45) is 0 Å². The number of hydrogen-bond acceptors (Lipinski definition) is 5. The van der Waals surface area contributed by atoms with Gasteiger partial charge in [-0.2, -0.15) is 4.98 Å². The molecule has 0 spiro atoms. The summed E-state index contributed by atoms with van der Waals surface area (Å²) < 4.78 is 10.3. The van der Waals surface area contributed by atoms with Crippen molar-refractivity contribution < 1.29 is 14.3 Å². The maximum Gasteiger partial charge on any atom is 0.337 e. The van der Waals surface area contributed by atoms with Gasteiger partial charge >= 0.3 is 6.01 Å². The Morgan fingerprint density at radius 2 is 2.29 bits per heavy atom. The summed E-state index contributed by atoms with van der Waals surface area (Å²) >= 11 is 5.92. The van der Waals surface area contributed by atoms with E-state index < -0.39 is 0 Å². The highest BCUT2D eigenvalue weighted by Gasteiger charge is 2.12. The molecule has 2 aromatic rings. The molecule has 2 N–H and O–H groups in total. The van der Waals surface area contributed by atoms with E-state index in [1.165, 1.54) is 7.11 Å². The molecule has 2 rings (SSSR count). The molecule has 1 amide bonds. The lowest BCUT2D eigenvalue weighted by Gasteiger charge is -2.08. The third kappa shape index (κ3) is 4.09. The van der Waals surface area contributed by atoms with Crippen molar-refractivity contribution in [2.45, 2.75) is 13.3 Å². The van der Waals surface area contributed by atoms with Gasteiger partial charge < -0.3 is 9.47 Å². The first kappa shape index (κ1) is 15.1. The number of nitrogens with one attached hydrogen (secondary N) is 2. The van der Waals surface area contributed by atoms with Gasteiger partial charge in [-0.3, -0.25) is 10.1 Å². The van der Waals surface area contributed by atoms with E-state index in [9.17, 15) is 4.79 Å². The summed E-state index contributed by atoms with van der Waals surface area (Å²) in [6, 6.07) is 5.29. The van der Waals surface area contributed by atoms with E-state index in [2.05, 4.69) is 20.5 Å². The molecule has 0 radical (unpaired) electrons. The Hall–Kier alpha value is -2.28. The Bertz CT molecular complexity index is 630. The number of H-pyrrole nitrogens is 1. The Morgan fingerprint density at radius 1 is 1.48 bits per heavy atom. The van der Waals surface area contributed by atoms with Gasteiger partial charge in [-0.25, -0.2) is 5.10 Å². The fraction of sp³-hybridized carbons (Fsp3) is 0.308. The number of amides is 1. The molecular formula is C13H15ClN4O3. The van der Waals surface area contributed by atoms with Gasteiger partial charge in [0.15, 0.2) is 0 Å². The van der Waals surface area contributed by atoms with Crippen LogP contribution >= 0.6 is 11.6 Å². The molecule has 0 unspecified atom stereocenters. The number of nitrogens with zero attached hydrogens (tertiary/aromatic N) is 2. The lowest BCUT2D eigenvalue weighted by Crippen LogP contribution is -2.16. The van der Waals surface area contributed by atoms with Crippen LogP contribution in [0, 0.1) is 0 Å². The summed E-state index contributed by atoms with van der Waals surface area (Å²) in [5.74, 6) is 0.557. The fourth-order valence-electron chi connectivity index (χ4n) is 1.73. The fourth-order valence-corrected chi connectivity index (χ4v) is 1.93. The van der Waals surface area contributed by atoms with E-state index in [-0.39, 0.29) is 24.3 Å². The van der Waals surface area contributed by atoms with Crippen LogP contribution in [0.3, 0.4) is 0 Å². The van der Waals surface area contributed by atoms with Crippen LogP contribution in [-0.4, -0.2) is 34.8 Å². The first-order valence-electron chi connectivity index (χ1n) is 6.29. The van der Waals surface area contributed by atoms with E-state index >= 15 is 0 Å². The number of carbonyl (C=O) groups is 1. The molecule has 0 atom stereocenters. The van der Waals surface area contributed by atoms with Crippen molar-refractivity contribution in [1.29, 1.82) is 0 Å². The van der Waals surface area contributed by atoms with Crippen LogP contribution in [0.15, 0.2) is 18.2 Å². The van der Waals surface area contributed by atoms with Crippen molar-refractivity contribution >= 4 is 23.5 Å². The molecule has 1 heterocycles. The number of aromatic nitrogens is 3. The SMILES string of the molecule is CCOc1n[nH]c(NC(=O)Cc2cc(Cl)ccc2OC)n1. The van der Waals surface area contributed by atoms with Crippen LogP contribution in [0.4, 0.5) is 5.95 Å². The van der Waals surface area contributed by atoms with Crippen LogP contribution in [0.25, 0.3) is 0 Å². The van der Waals surface area contributed by atoms with Crippen LogP contribution < -0.4 is 14.8 Å². The number of methoxy groups -OCH3 is 1. The van der Waals surface area contributed by atoms with Gasteiger partial charge in [0.25, 0.3) is 0 Å². The van der Waals surface area contributed by atoms with Crippen molar-refractivity contribution in [1.82, 2.24) is 15.2 Å². The zero-order chi connectivity index (χ0) is 15.2. The minimum absolute atomic E-state index is 0.106. The lowest BCUT2D eigenvalue weighted by molar-refractivity contribution is -0.115. The number of hydrogen-bond donors (Lipinski definition) is 2. The molecule has 112 valence electrons. The molecule has 0 aliphatic carbocycles. The minimum atomic E-state index is -0.269. The predicted octanol–water partition coefficient (Wildman–Crippen LogP) is 2.05. The van der Waals surface area contributed by atoms with Gasteiger partial charge in [0.1, 0.15) is 5.75 Å². The van der Waals surface area contributed by atoms with Gasteiger partial charge in [0.2, 0.25) is 11.9 Å². The average molecular weight is 311 g/mol. The highest BCUT2D eigenvalue weighted by molar-refractivity contribution is 6.30. The van der Waals surface area contributed by atoms with Crippen molar-refractivity contribution in [3.05, 3.63) is 28.8 Å². The number of ether oxygens (including phenoxy) is 2. The van der Waals surface area contributed by atoms with E-state index in [0.29, 0.717) is 22.9 Å². The lowest BCUT2D eigenvalue weighted by atomic mass is 10.1. The molecule has 21 heavy (non-hydrogen) atoms. The number of anilines is 1. The first-order chi connectivity index (χ1) is 10.1. The number of rotatable bonds is 6. The topological polar surface area (TPSA) is 89.1 Å². The van der Waals surface area contributed by atoms with E-state index in [0.717, 1.165) is 0 Å². The van der Waals surface area contributed by atoms with Crippen molar-refractivity contribution in [2.75, 3.05) is 19.0 Å². The molecule has 0 aliphatic heterocycles. The zero-order valence-corrected chi connectivity index (χ0v) is 12.4. The van der Waals surface area contributed by atoms with Crippen molar-refractivity contribution in [3.63, 3.8) is 0 Å². The second-order valence-electron chi connectivity index (χ2n) is 4.08. The van der Waals surface area contributed by atoms with E-state index in [1.54, 1.807) is 18.2 Å². The second-order valence-corrected chi connectivity index (χ2v) is 4.52. The predicted molar refractivity (Wildman–Crippen MR) is 77.9 cm³/mol. The Kier molecular flexibility index (Phi) is 4.99. The summed E-state index contributed by atoms with van der Waals surface area (Å²) in [4.78, 5) is 16.0. The van der Waals surface area contributed by atoms with Gasteiger partial charge in [0.05, 0.1) is 20.1 Å². The number of halogens is 1. The normalized spacial score (nSPS) is 10.2. The summed E-state index contributed by atoms with van der Waals surface area (Å²) in [6.45, 7) is 2.27. The van der Waals surface area contributed by atoms with Gasteiger partial charge in [-0.1, -0.05) is 11.6 Å². The molecule has 8 heteroatoms. The highest BCUT2D eigenvalue weighted by atomic mass is 35.5. The third-order valence-corrected chi connectivity index (χ3v) is 2.82. The maximum atomic E-state index is 12.0. The molecular weight excluding hydrogens is 296 g/mol. The molecule has 0 saturated heterocycles. The Balaban J connectivity index is 2.02. The summed E-state index contributed by atoms with van der Waals surface area (Å²) in [5, 5.41) is 9.50. The van der Waals surface area contributed by atoms with Crippen LogP contribution in [0.1, 0.15) is 12.5 Å². The molecule has 0 bridgehead atoms. The van der Waals surface area contributed by atoms with Gasteiger partial charge in [-0.15, -0.1) is 5.10 Å².